The number of aryl methyl sites for hydroxylation is 1. The zero-order valence-corrected chi connectivity index (χ0v) is 13.7. The van der Waals surface area contributed by atoms with E-state index < -0.39 is 0 Å². The van der Waals surface area contributed by atoms with Crippen LogP contribution in [0.5, 0.6) is 11.5 Å². The van der Waals surface area contributed by atoms with Gasteiger partial charge in [0.1, 0.15) is 11.5 Å². The molecule has 2 N–H and O–H groups in total. The van der Waals surface area contributed by atoms with Gasteiger partial charge in [-0.05, 0) is 49.1 Å². The molecular formula is C17H19Cl2NO. The first-order valence-electron chi connectivity index (χ1n) is 6.97. The molecule has 0 amide bonds. The quantitative estimate of drug-likeness (QED) is 0.802. The number of benzene rings is 2. The van der Waals surface area contributed by atoms with Gasteiger partial charge < -0.3 is 10.5 Å². The molecule has 0 bridgehead atoms. The van der Waals surface area contributed by atoms with Crippen molar-refractivity contribution >= 4 is 23.2 Å². The number of halogens is 2. The maximum absolute atomic E-state index is 6.14. The van der Waals surface area contributed by atoms with Gasteiger partial charge in [0.15, 0.2) is 0 Å². The summed E-state index contributed by atoms with van der Waals surface area (Å²) in [5.74, 6) is 1.34. The standard InChI is InChI=1S/C17H19Cl2NO/c1-3-14(20)8-12-5-4-11(2)16(9-12)21-17-10-13(18)6-7-15(17)19/h4-7,9-10,14H,3,8,20H2,1-2H3. The predicted octanol–water partition coefficient (Wildman–Crippen LogP) is 5.37. The Balaban J connectivity index is 2.26. The van der Waals surface area contributed by atoms with E-state index in [1.165, 1.54) is 0 Å². The van der Waals surface area contributed by atoms with E-state index in [0.29, 0.717) is 15.8 Å². The van der Waals surface area contributed by atoms with E-state index in [9.17, 15) is 0 Å². The Hall–Kier alpha value is -1.22. The third-order valence-electron chi connectivity index (χ3n) is 3.39. The van der Waals surface area contributed by atoms with Crippen LogP contribution in [0.15, 0.2) is 36.4 Å². The molecule has 0 heterocycles. The Kier molecular flexibility index (Phi) is 5.51. The van der Waals surface area contributed by atoms with Crippen LogP contribution in [0.3, 0.4) is 0 Å². The summed E-state index contributed by atoms with van der Waals surface area (Å²) in [7, 11) is 0. The van der Waals surface area contributed by atoms with Crippen molar-refractivity contribution in [2.75, 3.05) is 0 Å². The highest BCUT2D eigenvalue weighted by Gasteiger charge is 2.09. The summed E-state index contributed by atoms with van der Waals surface area (Å²) in [4.78, 5) is 0. The summed E-state index contributed by atoms with van der Waals surface area (Å²) < 4.78 is 5.92. The van der Waals surface area contributed by atoms with Gasteiger partial charge in [0, 0.05) is 17.1 Å². The first kappa shape index (κ1) is 16.2. The highest BCUT2D eigenvalue weighted by molar-refractivity contribution is 6.34. The van der Waals surface area contributed by atoms with E-state index in [-0.39, 0.29) is 6.04 Å². The minimum Gasteiger partial charge on any atom is -0.455 e. The van der Waals surface area contributed by atoms with Gasteiger partial charge >= 0.3 is 0 Å². The minimum atomic E-state index is 0.162. The van der Waals surface area contributed by atoms with Gasteiger partial charge in [-0.1, -0.05) is 42.3 Å². The van der Waals surface area contributed by atoms with Crippen molar-refractivity contribution in [1.82, 2.24) is 0 Å². The van der Waals surface area contributed by atoms with Crippen molar-refractivity contribution in [3.05, 3.63) is 57.6 Å². The summed E-state index contributed by atoms with van der Waals surface area (Å²) >= 11 is 12.1. The summed E-state index contributed by atoms with van der Waals surface area (Å²) in [5, 5.41) is 1.13. The van der Waals surface area contributed by atoms with E-state index in [1.54, 1.807) is 18.2 Å². The van der Waals surface area contributed by atoms with E-state index in [1.807, 2.05) is 19.1 Å². The Bertz CT molecular complexity index is 628. The van der Waals surface area contributed by atoms with Crippen molar-refractivity contribution in [2.45, 2.75) is 32.7 Å². The molecule has 0 aliphatic carbocycles. The topological polar surface area (TPSA) is 35.2 Å². The molecule has 21 heavy (non-hydrogen) atoms. The average Bonchev–Trinajstić information content (AvgIpc) is 2.46. The van der Waals surface area contributed by atoms with Gasteiger partial charge in [0.25, 0.3) is 0 Å². The fourth-order valence-corrected chi connectivity index (χ4v) is 2.32. The van der Waals surface area contributed by atoms with Gasteiger partial charge in [-0.25, -0.2) is 0 Å². The Morgan fingerprint density at radius 2 is 1.86 bits per heavy atom. The van der Waals surface area contributed by atoms with Crippen molar-refractivity contribution in [3.63, 3.8) is 0 Å². The highest BCUT2D eigenvalue weighted by Crippen LogP contribution is 2.33. The zero-order valence-electron chi connectivity index (χ0n) is 12.2. The molecule has 1 unspecified atom stereocenters. The average molecular weight is 324 g/mol. The second kappa shape index (κ2) is 7.17. The van der Waals surface area contributed by atoms with Crippen LogP contribution in [0.2, 0.25) is 10.0 Å². The normalized spacial score (nSPS) is 12.2. The first-order chi connectivity index (χ1) is 9.99. The lowest BCUT2D eigenvalue weighted by Crippen LogP contribution is -2.21. The van der Waals surface area contributed by atoms with Gasteiger partial charge in [-0.15, -0.1) is 0 Å². The zero-order chi connectivity index (χ0) is 15.4. The molecule has 0 aliphatic rings. The molecule has 0 radical (unpaired) electrons. The summed E-state index contributed by atoms with van der Waals surface area (Å²) in [6, 6.07) is 11.5. The van der Waals surface area contributed by atoms with Gasteiger partial charge in [0.05, 0.1) is 5.02 Å². The first-order valence-corrected chi connectivity index (χ1v) is 7.73. The monoisotopic (exact) mass is 323 g/mol. The molecule has 0 saturated carbocycles. The largest absolute Gasteiger partial charge is 0.455 e. The van der Waals surface area contributed by atoms with E-state index in [0.717, 1.165) is 29.7 Å². The van der Waals surface area contributed by atoms with Crippen molar-refractivity contribution in [2.24, 2.45) is 5.73 Å². The molecule has 0 spiro atoms. The van der Waals surface area contributed by atoms with E-state index >= 15 is 0 Å². The molecule has 2 aromatic carbocycles. The molecule has 0 saturated heterocycles. The van der Waals surface area contributed by atoms with Crippen LogP contribution in [0, 0.1) is 6.92 Å². The molecule has 0 aromatic heterocycles. The maximum atomic E-state index is 6.14. The van der Waals surface area contributed by atoms with Crippen LogP contribution in [-0.2, 0) is 6.42 Å². The third kappa shape index (κ3) is 4.37. The van der Waals surface area contributed by atoms with E-state index in [4.69, 9.17) is 33.7 Å². The number of hydrogen-bond donors (Lipinski definition) is 1. The Morgan fingerprint density at radius 3 is 2.57 bits per heavy atom. The van der Waals surface area contributed by atoms with Crippen LogP contribution < -0.4 is 10.5 Å². The maximum Gasteiger partial charge on any atom is 0.147 e. The smallest absolute Gasteiger partial charge is 0.147 e. The fraction of sp³-hybridized carbons (Fsp3) is 0.294. The van der Waals surface area contributed by atoms with Crippen LogP contribution in [0.4, 0.5) is 0 Å². The molecule has 2 rings (SSSR count). The highest BCUT2D eigenvalue weighted by atomic mass is 35.5. The summed E-state index contributed by atoms with van der Waals surface area (Å²) in [5.41, 5.74) is 8.21. The second-order valence-electron chi connectivity index (χ2n) is 5.15. The van der Waals surface area contributed by atoms with Crippen molar-refractivity contribution in [3.8, 4) is 11.5 Å². The Morgan fingerprint density at radius 1 is 1.10 bits per heavy atom. The van der Waals surface area contributed by atoms with Gasteiger partial charge in [-0.3, -0.25) is 0 Å². The number of ether oxygens (including phenoxy) is 1. The fourth-order valence-electron chi connectivity index (χ4n) is 2.00. The number of nitrogens with two attached hydrogens (primary N) is 1. The molecule has 0 aliphatic heterocycles. The molecule has 0 fully saturated rings. The van der Waals surface area contributed by atoms with Gasteiger partial charge in [0.2, 0.25) is 0 Å². The van der Waals surface area contributed by atoms with Crippen molar-refractivity contribution < 1.29 is 4.74 Å². The lowest BCUT2D eigenvalue weighted by atomic mass is 10.0. The third-order valence-corrected chi connectivity index (χ3v) is 3.94. The van der Waals surface area contributed by atoms with Gasteiger partial charge in [-0.2, -0.15) is 0 Å². The van der Waals surface area contributed by atoms with Crippen LogP contribution in [0.1, 0.15) is 24.5 Å². The van der Waals surface area contributed by atoms with Crippen molar-refractivity contribution in [1.29, 1.82) is 0 Å². The molecular weight excluding hydrogens is 305 g/mol. The molecule has 2 nitrogen and oxygen atoms in total. The number of rotatable bonds is 5. The van der Waals surface area contributed by atoms with Crippen LogP contribution in [-0.4, -0.2) is 6.04 Å². The van der Waals surface area contributed by atoms with Crippen LogP contribution in [0.25, 0.3) is 0 Å². The summed E-state index contributed by atoms with van der Waals surface area (Å²) in [6.07, 6.45) is 1.78. The molecule has 4 heteroatoms. The molecule has 112 valence electrons. The molecule has 2 aromatic rings. The summed E-state index contributed by atoms with van der Waals surface area (Å²) in [6.45, 7) is 4.08. The molecule has 1 atom stereocenters. The van der Waals surface area contributed by atoms with Crippen LogP contribution >= 0.6 is 23.2 Å². The van der Waals surface area contributed by atoms with E-state index in [2.05, 4.69) is 13.0 Å². The second-order valence-corrected chi connectivity index (χ2v) is 5.99. The SMILES string of the molecule is CCC(N)Cc1ccc(C)c(Oc2cc(Cl)ccc2Cl)c1. The number of hydrogen-bond acceptors (Lipinski definition) is 2. The minimum absolute atomic E-state index is 0.162. The predicted molar refractivity (Wildman–Crippen MR) is 89.7 cm³/mol. The lowest BCUT2D eigenvalue weighted by molar-refractivity contribution is 0.478. The Labute approximate surface area is 135 Å². The lowest BCUT2D eigenvalue weighted by Gasteiger charge is -2.14.